The van der Waals surface area contributed by atoms with Gasteiger partial charge in [-0.1, -0.05) is 0 Å². The second-order valence-electron chi connectivity index (χ2n) is 6.03. The van der Waals surface area contributed by atoms with Gasteiger partial charge in [-0.05, 0) is 18.2 Å². The number of carbonyl (C=O) groups excluding carboxylic acids is 1. The summed E-state index contributed by atoms with van der Waals surface area (Å²) in [4.78, 5) is 25.4. The molecule has 4 rings (SSSR count). The standard InChI is InChI=1S/C18H20N4O4/c1-24-14-11-13(12-15-16(14)26-10-9-25-15)17(23)21-5-7-22(8-6-21)18-19-3-2-4-20-18/h2-4,11-12H,5-10H2,1H3. The minimum atomic E-state index is -0.0473. The highest BCUT2D eigenvalue weighted by Crippen LogP contribution is 2.40. The molecule has 1 fully saturated rings. The lowest BCUT2D eigenvalue weighted by Gasteiger charge is -2.34. The molecule has 0 bridgehead atoms. The predicted molar refractivity (Wildman–Crippen MR) is 94.1 cm³/mol. The highest BCUT2D eigenvalue weighted by molar-refractivity contribution is 5.95. The van der Waals surface area contributed by atoms with Gasteiger partial charge in [0.25, 0.3) is 5.91 Å². The zero-order valence-electron chi connectivity index (χ0n) is 14.6. The fourth-order valence-electron chi connectivity index (χ4n) is 3.14. The third-order valence-corrected chi connectivity index (χ3v) is 4.48. The quantitative estimate of drug-likeness (QED) is 0.818. The minimum Gasteiger partial charge on any atom is -0.493 e. The average Bonchev–Trinajstić information content (AvgIpc) is 2.73. The van der Waals surface area contributed by atoms with Gasteiger partial charge in [0, 0.05) is 44.1 Å². The van der Waals surface area contributed by atoms with Crippen molar-refractivity contribution in [2.75, 3.05) is 51.4 Å². The van der Waals surface area contributed by atoms with Crippen molar-refractivity contribution in [2.45, 2.75) is 0 Å². The second kappa shape index (κ2) is 7.07. The topological polar surface area (TPSA) is 77.0 Å². The number of carbonyl (C=O) groups is 1. The van der Waals surface area contributed by atoms with Crippen LogP contribution in [0, 0.1) is 0 Å². The molecule has 2 aliphatic rings. The van der Waals surface area contributed by atoms with E-state index in [1.807, 2.05) is 4.90 Å². The van der Waals surface area contributed by atoms with Crippen molar-refractivity contribution in [2.24, 2.45) is 0 Å². The van der Waals surface area contributed by atoms with Crippen molar-refractivity contribution in [1.29, 1.82) is 0 Å². The Labute approximate surface area is 151 Å². The average molecular weight is 356 g/mol. The van der Waals surface area contributed by atoms with Crippen LogP contribution in [0.1, 0.15) is 10.4 Å². The van der Waals surface area contributed by atoms with Crippen molar-refractivity contribution >= 4 is 11.9 Å². The third-order valence-electron chi connectivity index (χ3n) is 4.48. The molecule has 3 heterocycles. The number of hydrogen-bond donors (Lipinski definition) is 0. The van der Waals surface area contributed by atoms with E-state index >= 15 is 0 Å². The Kier molecular flexibility index (Phi) is 4.47. The predicted octanol–water partition coefficient (Wildman–Crippen LogP) is 1.22. The van der Waals surface area contributed by atoms with Crippen LogP contribution in [0.2, 0.25) is 0 Å². The molecule has 1 saturated heterocycles. The molecule has 0 aliphatic carbocycles. The van der Waals surface area contributed by atoms with Gasteiger partial charge in [-0.15, -0.1) is 0 Å². The number of aromatic nitrogens is 2. The van der Waals surface area contributed by atoms with E-state index in [1.165, 1.54) is 0 Å². The summed E-state index contributed by atoms with van der Waals surface area (Å²) in [5, 5.41) is 0. The highest BCUT2D eigenvalue weighted by atomic mass is 16.6. The number of anilines is 1. The number of fused-ring (bicyclic) bond motifs is 1. The molecule has 0 atom stereocenters. The molecular formula is C18H20N4O4. The zero-order valence-corrected chi connectivity index (χ0v) is 14.6. The molecule has 8 heteroatoms. The third kappa shape index (κ3) is 3.10. The van der Waals surface area contributed by atoms with Crippen LogP contribution in [0.5, 0.6) is 17.2 Å². The molecule has 0 unspecified atom stereocenters. The first-order valence-corrected chi connectivity index (χ1v) is 8.55. The van der Waals surface area contributed by atoms with E-state index in [9.17, 15) is 4.79 Å². The Morgan fingerprint density at radius 1 is 1.08 bits per heavy atom. The van der Waals surface area contributed by atoms with E-state index in [0.717, 1.165) is 0 Å². The fraction of sp³-hybridized carbons (Fsp3) is 0.389. The molecule has 8 nitrogen and oxygen atoms in total. The largest absolute Gasteiger partial charge is 0.493 e. The van der Waals surface area contributed by atoms with Gasteiger partial charge in [-0.3, -0.25) is 4.79 Å². The van der Waals surface area contributed by atoms with Gasteiger partial charge in [0.2, 0.25) is 11.7 Å². The van der Waals surface area contributed by atoms with Crippen molar-refractivity contribution in [3.05, 3.63) is 36.2 Å². The van der Waals surface area contributed by atoms with Gasteiger partial charge in [-0.25, -0.2) is 9.97 Å². The smallest absolute Gasteiger partial charge is 0.254 e. The first-order valence-electron chi connectivity index (χ1n) is 8.55. The van der Waals surface area contributed by atoms with Gasteiger partial charge in [0.15, 0.2) is 11.5 Å². The Morgan fingerprint density at radius 2 is 1.81 bits per heavy atom. The Bertz CT molecular complexity index is 774. The number of methoxy groups -OCH3 is 1. The summed E-state index contributed by atoms with van der Waals surface area (Å²) in [6, 6.07) is 5.23. The normalized spacial score (nSPS) is 16.3. The summed E-state index contributed by atoms with van der Waals surface area (Å²) < 4.78 is 16.6. The Hall–Kier alpha value is -3.03. The van der Waals surface area contributed by atoms with E-state index in [1.54, 1.807) is 37.7 Å². The molecule has 2 aromatic rings. The summed E-state index contributed by atoms with van der Waals surface area (Å²) in [5.74, 6) is 2.27. The van der Waals surface area contributed by atoms with Crippen LogP contribution in [0.15, 0.2) is 30.6 Å². The number of benzene rings is 1. The van der Waals surface area contributed by atoms with E-state index < -0.39 is 0 Å². The number of amides is 1. The lowest BCUT2D eigenvalue weighted by molar-refractivity contribution is 0.0744. The van der Waals surface area contributed by atoms with Crippen molar-refractivity contribution in [1.82, 2.24) is 14.9 Å². The summed E-state index contributed by atoms with van der Waals surface area (Å²) in [5.41, 5.74) is 0.538. The summed E-state index contributed by atoms with van der Waals surface area (Å²) in [7, 11) is 1.56. The maximum Gasteiger partial charge on any atom is 0.254 e. The van der Waals surface area contributed by atoms with Crippen molar-refractivity contribution < 1.29 is 19.0 Å². The SMILES string of the molecule is COc1cc(C(=O)N2CCN(c3ncccn3)CC2)cc2c1OCCO2. The maximum absolute atomic E-state index is 12.9. The second-order valence-corrected chi connectivity index (χ2v) is 6.03. The molecule has 1 amide bonds. The molecule has 0 radical (unpaired) electrons. The Balaban J connectivity index is 1.49. The minimum absolute atomic E-state index is 0.0473. The number of nitrogens with zero attached hydrogens (tertiary/aromatic N) is 4. The molecule has 0 spiro atoms. The zero-order chi connectivity index (χ0) is 17.9. The molecule has 0 N–H and O–H groups in total. The van der Waals surface area contributed by atoms with Gasteiger partial charge in [0.1, 0.15) is 13.2 Å². The van der Waals surface area contributed by atoms with Gasteiger partial charge in [0.05, 0.1) is 7.11 Å². The first-order chi connectivity index (χ1) is 12.8. The summed E-state index contributed by atoms with van der Waals surface area (Å²) >= 11 is 0. The molecule has 26 heavy (non-hydrogen) atoms. The summed E-state index contributed by atoms with van der Waals surface area (Å²) in [6.45, 7) is 3.53. The van der Waals surface area contributed by atoms with Crippen molar-refractivity contribution in [3.63, 3.8) is 0 Å². The van der Waals surface area contributed by atoms with Crippen LogP contribution in [0.3, 0.4) is 0 Å². The van der Waals surface area contributed by atoms with Crippen LogP contribution >= 0.6 is 0 Å². The fourth-order valence-corrected chi connectivity index (χ4v) is 3.14. The van der Waals surface area contributed by atoms with E-state index in [-0.39, 0.29) is 5.91 Å². The molecule has 2 aliphatic heterocycles. The number of ether oxygens (including phenoxy) is 3. The van der Waals surface area contributed by atoms with E-state index in [2.05, 4.69) is 14.9 Å². The monoisotopic (exact) mass is 356 g/mol. The Morgan fingerprint density at radius 3 is 2.54 bits per heavy atom. The van der Waals surface area contributed by atoms with Crippen LogP contribution in [-0.2, 0) is 0 Å². The maximum atomic E-state index is 12.9. The van der Waals surface area contributed by atoms with Gasteiger partial charge < -0.3 is 24.0 Å². The van der Waals surface area contributed by atoms with Crippen molar-refractivity contribution in [3.8, 4) is 17.2 Å². The van der Waals surface area contributed by atoms with Crippen LogP contribution in [-0.4, -0.2) is 67.3 Å². The number of piperazine rings is 1. The molecule has 1 aromatic carbocycles. The van der Waals surface area contributed by atoms with E-state index in [4.69, 9.17) is 14.2 Å². The number of hydrogen-bond acceptors (Lipinski definition) is 7. The van der Waals surface area contributed by atoms with E-state index in [0.29, 0.717) is 68.2 Å². The number of rotatable bonds is 3. The lowest BCUT2D eigenvalue weighted by atomic mass is 10.1. The molecular weight excluding hydrogens is 336 g/mol. The lowest BCUT2D eigenvalue weighted by Crippen LogP contribution is -2.49. The van der Waals surface area contributed by atoms with Crippen LogP contribution < -0.4 is 19.1 Å². The van der Waals surface area contributed by atoms with Gasteiger partial charge in [-0.2, -0.15) is 0 Å². The molecule has 0 saturated carbocycles. The highest BCUT2D eigenvalue weighted by Gasteiger charge is 2.26. The summed E-state index contributed by atoms with van der Waals surface area (Å²) in [6.07, 6.45) is 3.45. The molecule has 136 valence electrons. The first kappa shape index (κ1) is 16.4. The molecule has 1 aromatic heterocycles. The van der Waals surface area contributed by atoms with Crippen LogP contribution in [0.25, 0.3) is 0 Å². The van der Waals surface area contributed by atoms with Gasteiger partial charge >= 0.3 is 0 Å². The van der Waals surface area contributed by atoms with Crippen LogP contribution in [0.4, 0.5) is 5.95 Å².